The molecular formula is C22H27FN4O. The van der Waals surface area contributed by atoms with Gasteiger partial charge in [-0.1, -0.05) is 32.0 Å². The van der Waals surface area contributed by atoms with Crippen LogP contribution in [0.4, 0.5) is 21.5 Å². The van der Waals surface area contributed by atoms with E-state index in [-0.39, 0.29) is 11.7 Å². The Bertz CT molecular complexity index is 861. The zero-order valence-corrected chi connectivity index (χ0v) is 16.4. The molecule has 1 heterocycles. The normalized spacial score (nSPS) is 14.3. The average Bonchev–Trinajstić information content (AvgIpc) is 3.02. The molecule has 2 aromatic rings. The van der Waals surface area contributed by atoms with Gasteiger partial charge in [-0.15, -0.1) is 0 Å². The van der Waals surface area contributed by atoms with Crippen LogP contribution in [0, 0.1) is 5.82 Å². The number of carbonyl (C=O) groups excluding carboxylic acids is 1. The second kappa shape index (κ2) is 9.37. The van der Waals surface area contributed by atoms with E-state index >= 15 is 0 Å². The molecule has 0 unspecified atom stereocenters. The highest BCUT2D eigenvalue weighted by Crippen LogP contribution is 2.31. The number of nitrogens with one attached hydrogen (secondary N) is 3. The Kier molecular flexibility index (Phi) is 6.66. The predicted octanol–water partition coefficient (Wildman–Crippen LogP) is 4.37. The third-order valence-corrected chi connectivity index (χ3v) is 4.92. The van der Waals surface area contributed by atoms with Gasteiger partial charge in [0.2, 0.25) is 0 Å². The van der Waals surface area contributed by atoms with Crippen molar-refractivity contribution in [2.45, 2.75) is 20.3 Å². The SMILES string of the molecule is CCN(CC)CCCNc1ccc(NC=C2C(=O)Nc3ccccc32)cc1F. The number of halogens is 1. The Morgan fingerprint density at radius 2 is 1.93 bits per heavy atom. The summed E-state index contributed by atoms with van der Waals surface area (Å²) < 4.78 is 14.4. The fourth-order valence-corrected chi connectivity index (χ4v) is 3.25. The fraction of sp³-hybridized carbons (Fsp3) is 0.318. The Morgan fingerprint density at radius 3 is 2.68 bits per heavy atom. The fourth-order valence-electron chi connectivity index (χ4n) is 3.25. The third-order valence-electron chi connectivity index (χ3n) is 4.92. The van der Waals surface area contributed by atoms with E-state index in [0.29, 0.717) is 16.9 Å². The Hall–Kier alpha value is -2.86. The molecular weight excluding hydrogens is 355 g/mol. The van der Waals surface area contributed by atoms with Gasteiger partial charge in [0.05, 0.1) is 11.3 Å². The first-order valence-electron chi connectivity index (χ1n) is 9.75. The number of amides is 1. The molecule has 0 saturated heterocycles. The van der Waals surface area contributed by atoms with Gasteiger partial charge in [0.25, 0.3) is 5.91 Å². The smallest absolute Gasteiger partial charge is 0.257 e. The number of anilines is 3. The quantitative estimate of drug-likeness (QED) is 0.445. The van der Waals surface area contributed by atoms with Crippen LogP contribution in [0.1, 0.15) is 25.8 Å². The minimum Gasteiger partial charge on any atom is -0.383 e. The largest absolute Gasteiger partial charge is 0.383 e. The van der Waals surface area contributed by atoms with Crippen LogP contribution < -0.4 is 16.0 Å². The third kappa shape index (κ3) is 4.70. The van der Waals surface area contributed by atoms with E-state index in [4.69, 9.17) is 0 Å². The molecule has 3 N–H and O–H groups in total. The van der Waals surface area contributed by atoms with Gasteiger partial charge in [-0.25, -0.2) is 4.39 Å². The molecule has 28 heavy (non-hydrogen) atoms. The summed E-state index contributed by atoms with van der Waals surface area (Å²) in [4.78, 5) is 14.4. The van der Waals surface area contributed by atoms with Crippen molar-refractivity contribution >= 4 is 28.5 Å². The summed E-state index contributed by atoms with van der Waals surface area (Å²) in [6, 6.07) is 12.4. The lowest BCUT2D eigenvalue weighted by Crippen LogP contribution is -2.25. The molecule has 5 nitrogen and oxygen atoms in total. The Morgan fingerprint density at radius 1 is 1.14 bits per heavy atom. The van der Waals surface area contributed by atoms with Gasteiger partial charge < -0.3 is 20.9 Å². The van der Waals surface area contributed by atoms with Gasteiger partial charge in [0.1, 0.15) is 5.82 Å². The van der Waals surface area contributed by atoms with Gasteiger partial charge in [0.15, 0.2) is 0 Å². The van der Waals surface area contributed by atoms with Crippen molar-refractivity contribution in [3.05, 3.63) is 60.0 Å². The number of hydrogen-bond donors (Lipinski definition) is 3. The zero-order valence-electron chi connectivity index (χ0n) is 16.4. The molecule has 0 saturated carbocycles. The van der Waals surface area contributed by atoms with Crippen LogP contribution in [0.2, 0.25) is 0 Å². The maximum Gasteiger partial charge on any atom is 0.257 e. The minimum absolute atomic E-state index is 0.166. The molecule has 0 aromatic heterocycles. The molecule has 0 radical (unpaired) electrons. The number of benzene rings is 2. The van der Waals surface area contributed by atoms with Crippen molar-refractivity contribution in [2.24, 2.45) is 0 Å². The highest BCUT2D eigenvalue weighted by Gasteiger charge is 2.23. The van der Waals surface area contributed by atoms with Crippen LogP contribution in [0.5, 0.6) is 0 Å². The van der Waals surface area contributed by atoms with E-state index in [1.165, 1.54) is 6.07 Å². The number of para-hydroxylation sites is 1. The van der Waals surface area contributed by atoms with Gasteiger partial charge in [-0.3, -0.25) is 4.79 Å². The van der Waals surface area contributed by atoms with E-state index in [9.17, 15) is 9.18 Å². The van der Waals surface area contributed by atoms with E-state index in [2.05, 4.69) is 34.7 Å². The van der Waals surface area contributed by atoms with Gasteiger partial charge in [0, 0.05) is 29.7 Å². The number of rotatable bonds is 9. The van der Waals surface area contributed by atoms with Crippen molar-refractivity contribution in [3.8, 4) is 0 Å². The summed E-state index contributed by atoms with van der Waals surface area (Å²) in [6.07, 6.45) is 2.58. The van der Waals surface area contributed by atoms with Crippen LogP contribution >= 0.6 is 0 Å². The van der Waals surface area contributed by atoms with E-state index in [0.717, 1.165) is 43.9 Å². The first-order valence-corrected chi connectivity index (χ1v) is 9.75. The first-order chi connectivity index (χ1) is 13.6. The maximum atomic E-state index is 14.4. The average molecular weight is 382 g/mol. The number of carbonyl (C=O) groups is 1. The summed E-state index contributed by atoms with van der Waals surface area (Å²) in [7, 11) is 0. The number of nitrogens with zero attached hydrogens (tertiary/aromatic N) is 1. The highest BCUT2D eigenvalue weighted by molar-refractivity contribution is 6.31. The second-order valence-corrected chi connectivity index (χ2v) is 6.70. The summed E-state index contributed by atoms with van der Waals surface area (Å²) in [5.74, 6) is -0.483. The van der Waals surface area contributed by atoms with E-state index in [1.807, 2.05) is 24.3 Å². The first kappa shape index (κ1) is 19.9. The zero-order chi connectivity index (χ0) is 19.9. The molecule has 0 spiro atoms. The summed E-state index contributed by atoms with van der Waals surface area (Å²) in [5.41, 5.74) is 3.25. The molecule has 0 fully saturated rings. The summed E-state index contributed by atoms with van der Waals surface area (Å²) in [5, 5.41) is 8.99. The van der Waals surface area contributed by atoms with Crippen molar-refractivity contribution in [1.82, 2.24) is 4.90 Å². The highest BCUT2D eigenvalue weighted by atomic mass is 19.1. The summed E-state index contributed by atoms with van der Waals surface area (Å²) in [6.45, 7) is 8.07. The molecule has 0 bridgehead atoms. The minimum atomic E-state index is -0.317. The standard InChI is InChI=1S/C22H27FN4O/c1-3-27(4-2)13-7-12-24-21-11-10-16(14-19(21)23)25-15-18-17-8-5-6-9-20(17)26-22(18)28/h5-6,8-11,14-15,24-25H,3-4,7,12-13H2,1-2H3,(H,26,28). The lowest BCUT2D eigenvalue weighted by molar-refractivity contribution is -0.110. The van der Waals surface area contributed by atoms with Gasteiger partial charge >= 0.3 is 0 Å². The number of hydrogen-bond acceptors (Lipinski definition) is 4. The van der Waals surface area contributed by atoms with Crippen LogP contribution in [0.25, 0.3) is 5.57 Å². The Balaban J connectivity index is 1.58. The monoisotopic (exact) mass is 382 g/mol. The topological polar surface area (TPSA) is 56.4 Å². The van der Waals surface area contributed by atoms with Crippen molar-refractivity contribution in [1.29, 1.82) is 0 Å². The molecule has 6 heteroatoms. The van der Waals surface area contributed by atoms with Crippen LogP contribution in [0.3, 0.4) is 0 Å². The molecule has 3 rings (SSSR count). The summed E-state index contributed by atoms with van der Waals surface area (Å²) >= 11 is 0. The van der Waals surface area contributed by atoms with E-state index in [1.54, 1.807) is 18.3 Å². The van der Waals surface area contributed by atoms with Crippen LogP contribution in [-0.4, -0.2) is 37.0 Å². The van der Waals surface area contributed by atoms with E-state index < -0.39 is 0 Å². The molecule has 148 valence electrons. The molecule has 0 aliphatic carbocycles. The van der Waals surface area contributed by atoms with Crippen molar-refractivity contribution in [3.63, 3.8) is 0 Å². The van der Waals surface area contributed by atoms with Gasteiger partial charge in [-0.2, -0.15) is 0 Å². The maximum absolute atomic E-state index is 14.4. The number of fused-ring (bicyclic) bond motifs is 1. The van der Waals surface area contributed by atoms with Gasteiger partial charge in [-0.05, 0) is 50.3 Å². The molecule has 0 atom stereocenters. The van der Waals surface area contributed by atoms with Crippen molar-refractivity contribution in [2.75, 3.05) is 42.1 Å². The molecule has 2 aromatic carbocycles. The van der Waals surface area contributed by atoms with Crippen molar-refractivity contribution < 1.29 is 9.18 Å². The molecule has 1 aliphatic rings. The van der Waals surface area contributed by atoms with Crippen LogP contribution in [-0.2, 0) is 4.79 Å². The molecule has 1 aliphatic heterocycles. The lowest BCUT2D eigenvalue weighted by Gasteiger charge is -2.18. The molecule has 1 amide bonds. The van der Waals surface area contributed by atoms with Crippen LogP contribution in [0.15, 0.2) is 48.7 Å². The second-order valence-electron chi connectivity index (χ2n) is 6.70. The lowest BCUT2D eigenvalue weighted by atomic mass is 10.1. The Labute approximate surface area is 165 Å². The predicted molar refractivity (Wildman–Crippen MR) is 114 cm³/mol.